The second kappa shape index (κ2) is 21.9. The summed E-state index contributed by atoms with van der Waals surface area (Å²) in [6.07, 6.45) is 4.59. The van der Waals surface area contributed by atoms with E-state index in [2.05, 4.69) is 197 Å². The van der Waals surface area contributed by atoms with Crippen LogP contribution in [0.4, 0.5) is 0 Å². The molecule has 2 radical (unpaired) electrons. The van der Waals surface area contributed by atoms with Crippen LogP contribution in [0.5, 0.6) is 0 Å². The van der Waals surface area contributed by atoms with Crippen LogP contribution in [0.1, 0.15) is 37.8 Å². The molecule has 0 atom stereocenters. The number of hydrogen-bond acceptors (Lipinski definition) is 0. The van der Waals surface area contributed by atoms with Gasteiger partial charge in [-0.1, -0.05) is 195 Å². The Morgan fingerprint density at radius 3 is 1.17 bits per heavy atom. The van der Waals surface area contributed by atoms with Gasteiger partial charge in [0.15, 0.2) is 0 Å². The predicted molar refractivity (Wildman–Crippen MR) is 238 cm³/mol. The molecule has 0 bridgehead atoms. The molecule has 0 spiro atoms. The Bertz CT molecular complexity index is 2140. The monoisotopic (exact) mass is 836 g/mol. The summed E-state index contributed by atoms with van der Waals surface area (Å²) in [5.74, 6) is 0. The number of halogens is 2. The van der Waals surface area contributed by atoms with Crippen molar-refractivity contribution in [3.8, 4) is 44.5 Å². The van der Waals surface area contributed by atoms with Crippen molar-refractivity contribution < 1.29 is 20.8 Å². The average Bonchev–Trinajstić information content (AvgIpc) is 3.86. The summed E-state index contributed by atoms with van der Waals surface area (Å²) in [6, 6.07) is 61.5. The third-order valence-corrected chi connectivity index (χ3v) is 9.37. The van der Waals surface area contributed by atoms with Crippen LogP contribution in [-0.2, 0) is 33.7 Å². The molecule has 8 aromatic rings. The normalized spacial score (nSPS) is 10.3. The fraction of sp³-hybridized carbons (Fsp3) is 0.160. The van der Waals surface area contributed by atoms with Gasteiger partial charge in [-0.15, -0.1) is 69.1 Å². The summed E-state index contributed by atoms with van der Waals surface area (Å²) in [5, 5.41) is 5.33. The molecule has 0 amide bonds. The first-order chi connectivity index (χ1) is 26.6. The summed E-state index contributed by atoms with van der Waals surface area (Å²) >= 11 is -0.826. The minimum absolute atomic E-state index is 0.826. The van der Waals surface area contributed by atoms with E-state index >= 15 is 0 Å². The molecule has 0 aliphatic rings. The van der Waals surface area contributed by atoms with E-state index in [1.54, 1.807) is 0 Å². The summed E-state index contributed by atoms with van der Waals surface area (Å²) in [5.41, 5.74) is 13.5. The van der Waals surface area contributed by atoms with Crippen LogP contribution >= 0.6 is 17.0 Å². The first-order valence-corrected chi connectivity index (χ1v) is 27.1. The van der Waals surface area contributed by atoms with E-state index in [4.69, 9.17) is 17.0 Å². The maximum absolute atomic E-state index is 4.93. The van der Waals surface area contributed by atoms with Crippen LogP contribution in [0.25, 0.3) is 66.1 Å². The molecule has 0 saturated carbocycles. The quantitative estimate of drug-likeness (QED) is 0.106. The zero-order valence-corrected chi connectivity index (χ0v) is 36.7. The van der Waals surface area contributed by atoms with Gasteiger partial charge >= 0.3 is 37.9 Å². The van der Waals surface area contributed by atoms with Gasteiger partial charge in [0.1, 0.15) is 0 Å². The van der Waals surface area contributed by atoms with Crippen LogP contribution in [0.15, 0.2) is 170 Å². The molecule has 0 aliphatic heterocycles. The van der Waals surface area contributed by atoms with E-state index in [0.717, 1.165) is 22.4 Å². The first-order valence-electron chi connectivity index (χ1n) is 18.8. The number of fused-ring (bicyclic) bond motifs is 2. The molecule has 0 aromatic heterocycles. The molecule has 0 aliphatic carbocycles. The van der Waals surface area contributed by atoms with Crippen molar-refractivity contribution in [1.82, 2.24) is 0 Å². The standard InChI is InChI=1S/2C24H21.C2H6Si.2ClH.Zr/c2*1-2-9-19-12-6-7-14-22(19)23-15-8-13-20-16-21(17-24(20)23)18-10-4-3-5-11-18;1-3-2;;;/h2*3-8,10-17H,2,9H2,1H3;1-2H3;2*1H;/q2*-1;;;;+4/p-2. The third kappa shape index (κ3) is 10.7. The molecule has 0 N–H and O–H groups in total. The van der Waals surface area contributed by atoms with Crippen molar-refractivity contribution in [3.63, 3.8) is 0 Å². The van der Waals surface area contributed by atoms with Crippen LogP contribution in [0.2, 0.25) is 13.1 Å². The Labute approximate surface area is 344 Å². The van der Waals surface area contributed by atoms with E-state index < -0.39 is 20.8 Å². The molecular formula is C50H48Cl2SiZr. The van der Waals surface area contributed by atoms with Crippen molar-refractivity contribution in [3.05, 3.63) is 181 Å². The van der Waals surface area contributed by atoms with Crippen molar-refractivity contribution in [2.24, 2.45) is 0 Å². The Balaban J connectivity index is 0.000000182. The van der Waals surface area contributed by atoms with Gasteiger partial charge in [0, 0.05) is 9.52 Å². The van der Waals surface area contributed by atoms with Gasteiger partial charge in [-0.05, 0) is 35.1 Å². The molecule has 0 heterocycles. The molecule has 8 aromatic carbocycles. The van der Waals surface area contributed by atoms with Crippen molar-refractivity contribution in [2.45, 2.75) is 52.6 Å². The van der Waals surface area contributed by atoms with Gasteiger partial charge in [-0.2, -0.15) is 0 Å². The van der Waals surface area contributed by atoms with E-state index in [1.807, 2.05) is 0 Å². The van der Waals surface area contributed by atoms with Crippen molar-refractivity contribution in [2.75, 3.05) is 0 Å². The molecule has 270 valence electrons. The molecule has 4 heteroatoms. The summed E-state index contributed by atoms with van der Waals surface area (Å²) < 4.78 is 0. The zero-order valence-electron chi connectivity index (χ0n) is 31.8. The molecule has 54 heavy (non-hydrogen) atoms. The Kier molecular flexibility index (Phi) is 16.8. The molecular weight excluding hydrogens is 791 g/mol. The average molecular weight is 839 g/mol. The van der Waals surface area contributed by atoms with Gasteiger partial charge in [-0.25, -0.2) is 0 Å². The molecule has 8 rings (SSSR count). The van der Waals surface area contributed by atoms with Gasteiger partial charge in [0.05, 0.1) is 0 Å². The molecule has 0 saturated heterocycles. The van der Waals surface area contributed by atoms with Crippen molar-refractivity contribution in [1.29, 1.82) is 0 Å². The van der Waals surface area contributed by atoms with Crippen LogP contribution in [0.3, 0.4) is 0 Å². The number of hydrogen-bond donors (Lipinski definition) is 0. The van der Waals surface area contributed by atoms with Gasteiger partial charge < -0.3 is 0 Å². The van der Waals surface area contributed by atoms with Crippen molar-refractivity contribution >= 4 is 48.1 Å². The van der Waals surface area contributed by atoms with Gasteiger partial charge in [-0.3, -0.25) is 0 Å². The SMILES string of the molecule is CCCc1ccccc1-c1cccc2[cH-]c(-c3ccccc3)cc12.CCCc1ccccc1-c1cccc2[cH-]c(-c3ccccc3)cc12.C[Si]C.[Cl][Zr+2][Cl]. The van der Waals surface area contributed by atoms with Crippen LogP contribution < -0.4 is 0 Å². The fourth-order valence-corrected chi connectivity index (χ4v) is 7.07. The molecule has 0 fully saturated rings. The van der Waals surface area contributed by atoms with E-state index in [-0.39, 0.29) is 0 Å². The zero-order chi connectivity index (χ0) is 38.1. The summed E-state index contributed by atoms with van der Waals surface area (Å²) in [4.78, 5) is 0. The Morgan fingerprint density at radius 2 is 0.796 bits per heavy atom. The second-order valence-corrected chi connectivity index (χ2v) is 18.0. The maximum atomic E-state index is 4.93. The van der Waals surface area contributed by atoms with Crippen LogP contribution in [-0.4, -0.2) is 9.52 Å². The van der Waals surface area contributed by atoms with E-state index in [0.29, 0.717) is 0 Å². The first kappa shape index (κ1) is 41.4. The summed E-state index contributed by atoms with van der Waals surface area (Å²) in [6.45, 7) is 8.79. The van der Waals surface area contributed by atoms with E-state index in [1.165, 1.54) is 90.0 Å². The van der Waals surface area contributed by atoms with E-state index in [9.17, 15) is 0 Å². The Morgan fingerprint density at radius 1 is 0.463 bits per heavy atom. The number of benzene rings is 6. The second-order valence-electron chi connectivity index (χ2n) is 13.2. The van der Waals surface area contributed by atoms with Gasteiger partial charge in [0.25, 0.3) is 0 Å². The topological polar surface area (TPSA) is 0 Å². The summed E-state index contributed by atoms with van der Waals surface area (Å²) in [7, 11) is 11.0. The molecule has 0 unspecified atom stereocenters. The fourth-order valence-electron chi connectivity index (χ4n) is 7.07. The molecule has 0 nitrogen and oxygen atoms in total. The predicted octanol–water partition coefficient (Wildman–Crippen LogP) is 15.9. The number of rotatable bonds is 8. The number of aryl methyl sites for hydroxylation is 2. The van der Waals surface area contributed by atoms with Crippen LogP contribution in [0, 0.1) is 0 Å². The minimum atomic E-state index is -0.826. The van der Waals surface area contributed by atoms with Gasteiger partial charge in [0.2, 0.25) is 0 Å². The Hall–Kier alpha value is -3.78. The third-order valence-electron chi connectivity index (χ3n) is 9.37.